The van der Waals surface area contributed by atoms with Gasteiger partial charge in [-0.15, -0.1) is 12.4 Å². The molecule has 0 saturated carbocycles. The van der Waals surface area contributed by atoms with E-state index in [0.29, 0.717) is 31.3 Å². The minimum Gasteiger partial charge on any atom is -0.495 e. The molecule has 1 aromatic carbocycles. The third-order valence-corrected chi connectivity index (χ3v) is 5.56. The van der Waals surface area contributed by atoms with Crippen molar-refractivity contribution < 1.29 is 13.2 Å². The van der Waals surface area contributed by atoms with Gasteiger partial charge in [0.05, 0.1) is 7.11 Å². The lowest BCUT2D eigenvalue weighted by Crippen LogP contribution is -2.54. The highest BCUT2D eigenvalue weighted by Gasteiger charge is 2.32. The highest BCUT2D eigenvalue weighted by atomic mass is 35.5. The number of para-hydroxylation sites is 1. The largest absolute Gasteiger partial charge is 0.495 e. The number of piperazine rings is 1. The summed E-state index contributed by atoms with van der Waals surface area (Å²) in [6, 6.07) is 6.95. The minimum absolute atomic E-state index is 0. The average Bonchev–Trinajstić information content (AvgIpc) is 2.47. The fraction of sp³-hybridized carbons (Fsp3) is 0.571. The summed E-state index contributed by atoms with van der Waals surface area (Å²) in [5, 5.41) is 3.36. The van der Waals surface area contributed by atoms with Gasteiger partial charge in [-0.1, -0.05) is 26.0 Å². The van der Waals surface area contributed by atoms with Gasteiger partial charge in [0.15, 0.2) is 0 Å². The van der Waals surface area contributed by atoms with Crippen LogP contribution < -0.4 is 10.1 Å². The first-order valence-electron chi connectivity index (χ1n) is 6.83. The maximum atomic E-state index is 12.8. The van der Waals surface area contributed by atoms with Gasteiger partial charge in [-0.3, -0.25) is 0 Å². The van der Waals surface area contributed by atoms with Gasteiger partial charge in [0.1, 0.15) is 10.6 Å². The second-order valence-electron chi connectivity index (χ2n) is 5.32. The Morgan fingerprint density at radius 2 is 2.00 bits per heavy atom. The molecular weight excluding hydrogens is 312 g/mol. The zero-order chi connectivity index (χ0) is 14.8. The Hall–Kier alpha value is -0.820. The van der Waals surface area contributed by atoms with Crippen LogP contribution in [0.1, 0.15) is 13.8 Å². The Balaban J connectivity index is 0.00000220. The van der Waals surface area contributed by atoms with Gasteiger partial charge in [0, 0.05) is 25.7 Å². The van der Waals surface area contributed by atoms with Gasteiger partial charge in [0.2, 0.25) is 10.0 Å². The Bertz CT molecular complexity index is 563. The maximum Gasteiger partial charge on any atom is 0.246 e. The normalized spacial score (nSPS) is 20.1. The van der Waals surface area contributed by atoms with E-state index in [-0.39, 0.29) is 23.3 Å². The van der Waals surface area contributed by atoms with Crippen molar-refractivity contribution in [3.05, 3.63) is 24.3 Å². The van der Waals surface area contributed by atoms with Crippen molar-refractivity contribution in [1.82, 2.24) is 9.62 Å². The summed E-state index contributed by atoms with van der Waals surface area (Å²) in [5.41, 5.74) is 0. The lowest BCUT2D eigenvalue weighted by Gasteiger charge is -2.35. The molecule has 1 aliphatic rings. The summed E-state index contributed by atoms with van der Waals surface area (Å²) >= 11 is 0. The molecule has 0 aliphatic carbocycles. The van der Waals surface area contributed by atoms with Crippen molar-refractivity contribution in [1.29, 1.82) is 0 Å². The number of rotatable bonds is 4. The minimum atomic E-state index is -3.50. The zero-order valence-corrected chi connectivity index (χ0v) is 14.2. The third-order valence-electron chi connectivity index (χ3n) is 3.66. The molecule has 1 aliphatic heterocycles. The quantitative estimate of drug-likeness (QED) is 0.911. The van der Waals surface area contributed by atoms with Crippen LogP contribution in [0.4, 0.5) is 0 Å². The van der Waals surface area contributed by atoms with Crippen molar-refractivity contribution in [3.63, 3.8) is 0 Å². The summed E-state index contributed by atoms with van der Waals surface area (Å²) in [5.74, 6) is 0.790. The lowest BCUT2D eigenvalue weighted by molar-refractivity contribution is 0.255. The number of sulfonamides is 1. The van der Waals surface area contributed by atoms with Crippen LogP contribution in [0.25, 0.3) is 0 Å². The number of nitrogens with one attached hydrogen (secondary N) is 1. The van der Waals surface area contributed by atoms with Crippen LogP contribution in [0.3, 0.4) is 0 Å². The predicted octanol–water partition coefficient (Wildman–Crippen LogP) is 1.74. The topological polar surface area (TPSA) is 58.6 Å². The SMILES string of the molecule is COc1ccccc1S(=O)(=O)N1CCNC(C(C)C)C1.Cl. The molecule has 0 bridgehead atoms. The van der Waals surface area contributed by atoms with Gasteiger partial charge in [-0.25, -0.2) is 8.42 Å². The standard InChI is InChI=1S/C14H22N2O3S.ClH/c1-11(2)12-10-16(9-8-15-12)20(17,18)14-7-5-4-6-13(14)19-3;/h4-7,11-12,15H,8-10H2,1-3H3;1H. The number of hydrogen-bond donors (Lipinski definition) is 1. The van der Waals surface area contributed by atoms with Gasteiger partial charge in [-0.05, 0) is 18.1 Å². The van der Waals surface area contributed by atoms with E-state index in [0.717, 1.165) is 0 Å². The average molecular weight is 335 g/mol. The lowest BCUT2D eigenvalue weighted by atomic mass is 10.0. The first kappa shape index (κ1) is 18.2. The molecule has 1 N–H and O–H groups in total. The maximum absolute atomic E-state index is 12.8. The van der Waals surface area contributed by atoms with E-state index in [4.69, 9.17) is 4.74 Å². The zero-order valence-electron chi connectivity index (χ0n) is 12.6. The van der Waals surface area contributed by atoms with E-state index >= 15 is 0 Å². The molecule has 120 valence electrons. The molecule has 0 aromatic heterocycles. The van der Waals surface area contributed by atoms with E-state index < -0.39 is 10.0 Å². The molecule has 21 heavy (non-hydrogen) atoms. The van der Waals surface area contributed by atoms with Crippen LogP contribution >= 0.6 is 12.4 Å². The van der Waals surface area contributed by atoms with Gasteiger partial charge in [0.25, 0.3) is 0 Å². The number of halogens is 1. The van der Waals surface area contributed by atoms with Crippen molar-refractivity contribution in [2.45, 2.75) is 24.8 Å². The molecule has 1 heterocycles. The second kappa shape index (κ2) is 7.45. The summed E-state index contributed by atoms with van der Waals surface area (Å²) in [4.78, 5) is 0.243. The molecule has 0 radical (unpaired) electrons. The van der Waals surface area contributed by atoms with Gasteiger partial charge < -0.3 is 10.1 Å². The van der Waals surface area contributed by atoms with Crippen LogP contribution in [0.15, 0.2) is 29.2 Å². The van der Waals surface area contributed by atoms with Crippen LogP contribution in [0.5, 0.6) is 5.75 Å². The summed E-state index contributed by atoms with van der Waals surface area (Å²) in [6.45, 7) is 5.85. The Morgan fingerprint density at radius 1 is 1.33 bits per heavy atom. The van der Waals surface area contributed by atoms with E-state index in [1.165, 1.54) is 7.11 Å². The molecule has 1 saturated heterocycles. The Kier molecular flexibility index (Phi) is 6.46. The summed E-state index contributed by atoms with van der Waals surface area (Å²) in [7, 11) is -2.01. The van der Waals surface area contributed by atoms with Crippen molar-refractivity contribution in [2.24, 2.45) is 5.92 Å². The van der Waals surface area contributed by atoms with Crippen LogP contribution in [0, 0.1) is 5.92 Å². The molecule has 1 aromatic rings. The molecule has 0 spiro atoms. The first-order chi connectivity index (χ1) is 9.46. The highest BCUT2D eigenvalue weighted by Crippen LogP contribution is 2.27. The smallest absolute Gasteiger partial charge is 0.246 e. The monoisotopic (exact) mass is 334 g/mol. The molecule has 1 unspecified atom stereocenters. The molecule has 1 fully saturated rings. The fourth-order valence-corrected chi connectivity index (χ4v) is 4.01. The summed E-state index contributed by atoms with van der Waals surface area (Å²) in [6.07, 6.45) is 0. The molecule has 2 rings (SSSR count). The van der Waals surface area contributed by atoms with Crippen molar-refractivity contribution >= 4 is 22.4 Å². The number of ether oxygens (including phenoxy) is 1. The van der Waals surface area contributed by atoms with Crippen molar-refractivity contribution in [2.75, 3.05) is 26.7 Å². The Labute approximate surface area is 133 Å². The van der Waals surface area contributed by atoms with Gasteiger partial charge in [-0.2, -0.15) is 4.31 Å². The number of methoxy groups -OCH3 is 1. The first-order valence-corrected chi connectivity index (χ1v) is 8.27. The molecule has 1 atom stereocenters. The van der Waals surface area contributed by atoms with Gasteiger partial charge >= 0.3 is 0 Å². The number of nitrogens with zero attached hydrogens (tertiary/aromatic N) is 1. The highest BCUT2D eigenvalue weighted by molar-refractivity contribution is 7.89. The molecule has 5 nitrogen and oxygen atoms in total. The molecule has 0 amide bonds. The van der Waals surface area contributed by atoms with Crippen LogP contribution in [-0.2, 0) is 10.0 Å². The fourth-order valence-electron chi connectivity index (χ4n) is 2.39. The van der Waals surface area contributed by atoms with Crippen molar-refractivity contribution in [3.8, 4) is 5.75 Å². The van der Waals surface area contributed by atoms with E-state index in [2.05, 4.69) is 19.2 Å². The van der Waals surface area contributed by atoms with E-state index in [1.54, 1.807) is 28.6 Å². The molecule has 7 heteroatoms. The Morgan fingerprint density at radius 3 is 2.62 bits per heavy atom. The van der Waals surface area contributed by atoms with Crippen LogP contribution in [0.2, 0.25) is 0 Å². The van der Waals surface area contributed by atoms with E-state index in [9.17, 15) is 8.42 Å². The summed E-state index contributed by atoms with van der Waals surface area (Å²) < 4.78 is 32.2. The number of benzene rings is 1. The second-order valence-corrected chi connectivity index (χ2v) is 7.22. The third kappa shape index (κ3) is 3.88. The predicted molar refractivity (Wildman–Crippen MR) is 85.6 cm³/mol. The number of hydrogen-bond acceptors (Lipinski definition) is 4. The van der Waals surface area contributed by atoms with E-state index in [1.807, 2.05) is 0 Å². The molecular formula is C14H23ClN2O3S. The van der Waals surface area contributed by atoms with Crippen LogP contribution in [-0.4, -0.2) is 45.5 Å².